The highest BCUT2D eigenvalue weighted by molar-refractivity contribution is 6.32. The lowest BCUT2D eigenvalue weighted by Gasteiger charge is -2.10. The average Bonchev–Trinajstić information content (AvgIpc) is 2.58. The van der Waals surface area contributed by atoms with Gasteiger partial charge >= 0.3 is 0 Å². The number of nitrogens with zero attached hydrogens (tertiary/aromatic N) is 1. The molecule has 7 heteroatoms. The number of hydrogen-bond acceptors (Lipinski definition) is 5. The van der Waals surface area contributed by atoms with Gasteiger partial charge in [-0.25, -0.2) is 5.43 Å². The van der Waals surface area contributed by atoms with E-state index < -0.39 is 0 Å². The van der Waals surface area contributed by atoms with Gasteiger partial charge in [0.1, 0.15) is 5.75 Å². The Labute approximate surface area is 157 Å². The first-order valence-electron chi connectivity index (χ1n) is 7.87. The number of hydrogen-bond donors (Lipinski definition) is 1. The second-order valence-electron chi connectivity index (χ2n) is 5.64. The summed E-state index contributed by atoms with van der Waals surface area (Å²) < 4.78 is 15.9. The highest BCUT2D eigenvalue weighted by Gasteiger charge is 2.10. The molecular weight excluding hydrogens is 356 g/mol. The van der Waals surface area contributed by atoms with Crippen LogP contribution in [0.3, 0.4) is 0 Å². The molecule has 1 amide bonds. The number of amides is 1. The normalized spacial score (nSPS) is 10.7. The van der Waals surface area contributed by atoms with Crippen molar-refractivity contribution in [2.24, 2.45) is 5.10 Å². The Bertz CT molecular complexity index is 801. The summed E-state index contributed by atoms with van der Waals surface area (Å²) in [6.45, 7) is 3.81. The number of halogens is 1. The molecule has 0 unspecified atom stereocenters. The number of ether oxygens (including phenoxy) is 3. The zero-order valence-electron chi connectivity index (χ0n) is 15.1. The number of carbonyl (C=O) groups excluding carboxylic acids is 1. The maximum Gasteiger partial charge on any atom is 0.277 e. The molecule has 0 saturated heterocycles. The van der Waals surface area contributed by atoms with E-state index >= 15 is 0 Å². The van der Waals surface area contributed by atoms with E-state index in [2.05, 4.69) is 10.5 Å². The Kier molecular flexibility index (Phi) is 6.86. The molecule has 0 atom stereocenters. The molecule has 2 aromatic rings. The first-order chi connectivity index (χ1) is 12.4. The number of hydrazone groups is 1. The second kappa shape index (κ2) is 9.10. The molecular formula is C19H21ClN2O4. The molecule has 138 valence electrons. The molecule has 0 spiro atoms. The standard InChI is InChI=1S/C19H21ClN2O4/c1-12-5-13(2)7-15(6-12)26-11-18(23)22-21-10-14-8-16(20)19(25-4)17(9-14)24-3/h5-10H,11H2,1-4H3,(H,22,23)/b21-10-. The highest BCUT2D eigenvalue weighted by atomic mass is 35.5. The van der Waals surface area contributed by atoms with Crippen LogP contribution in [0.2, 0.25) is 5.02 Å². The molecule has 2 rings (SSSR count). The van der Waals surface area contributed by atoms with Gasteiger partial charge in [-0.2, -0.15) is 5.10 Å². The van der Waals surface area contributed by atoms with Crippen LogP contribution in [0.5, 0.6) is 17.2 Å². The van der Waals surface area contributed by atoms with Crippen molar-refractivity contribution in [1.29, 1.82) is 0 Å². The molecule has 0 radical (unpaired) electrons. The van der Waals surface area contributed by atoms with Crippen molar-refractivity contribution in [2.45, 2.75) is 13.8 Å². The van der Waals surface area contributed by atoms with Crippen molar-refractivity contribution < 1.29 is 19.0 Å². The van der Waals surface area contributed by atoms with Crippen LogP contribution in [-0.4, -0.2) is 32.9 Å². The van der Waals surface area contributed by atoms with Gasteiger partial charge < -0.3 is 14.2 Å². The zero-order chi connectivity index (χ0) is 19.1. The van der Waals surface area contributed by atoms with Crippen LogP contribution in [0.25, 0.3) is 0 Å². The maximum absolute atomic E-state index is 11.8. The van der Waals surface area contributed by atoms with Crippen molar-refractivity contribution in [2.75, 3.05) is 20.8 Å². The fraction of sp³-hybridized carbons (Fsp3) is 0.263. The maximum atomic E-state index is 11.8. The molecule has 0 aliphatic rings. The molecule has 2 aromatic carbocycles. The third kappa shape index (κ3) is 5.39. The first-order valence-corrected chi connectivity index (χ1v) is 8.25. The third-order valence-electron chi connectivity index (χ3n) is 3.42. The number of methoxy groups -OCH3 is 2. The molecule has 1 N–H and O–H groups in total. The van der Waals surface area contributed by atoms with Gasteiger partial charge in [0, 0.05) is 0 Å². The summed E-state index contributed by atoms with van der Waals surface area (Å²) in [5.74, 6) is 1.20. The van der Waals surface area contributed by atoms with Crippen LogP contribution in [0.1, 0.15) is 16.7 Å². The van der Waals surface area contributed by atoms with Crippen LogP contribution >= 0.6 is 11.6 Å². The van der Waals surface area contributed by atoms with Gasteiger partial charge in [-0.05, 0) is 54.8 Å². The highest BCUT2D eigenvalue weighted by Crippen LogP contribution is 2.35. The lowest BCUT2D eigenvalue weighted by atomic mass is 10.1. The van der Waals surface area contributed by atoms with Crippen molar-refractivity contribution >= 4 is 23.7 Å². The van der Waals surface area contributed by atoms with Crippen LogP contribution < -0.4 is 19.6 Å². The van der Waals surface area contributed by atoms with Gasteiger partial charge in [0.15, 0.2) is 18.1 Å². The monoisotopic (exact) mass is 376 g/mol. The van der Waals surface area contributed by atoms with Gasteiger partial charge in [-0.15, -0.1) is 0 Å². The van der Waals surface area contributed by atoms with Gasteiger partial charge in [0.25, 0.3) is 5.91 Å². The Hall–Kier alpha value is -2.73. The second-order valence-corrected chi connectivity index (χ2v) is 6.05. The van der Waals surface area contributed by atoms with Crippen LogP contribution in [0.4, 0.5) is 0 Å². The fourth-order valence-electron chi connectivity index (χ4n) is 2.39. The molecule has 0 bridgehead atoms. The smallest absolute Gasteiger partial charge is 0.277 e. The van der Waals surface area contributed by atoms with E-state index in [1.54, 1.807) is 12.1 Å². The minimum atomic E-state index is -0.369. The van der Waals surface area contributed by atoms with Gasteiger partial charge in [-0.1, -0.05) is 17.7 Å². The van der Waals surface area contributed by atoms with Gasteiger partial charge in [0.05, 0.1) is 25.5 Å². The minimum Gasteiger partial charge on any atom is -0.493 e. The fourth-order valence-corrected chi connectivity index (χ4v) is 2.68. The van der Waals surface area contributed by atoms with Crippen molar-refractivity contribution in [3.05, 3.63) is 52.0 Å². The molecule has 6 nitrogen and oxygen atoms in total. The predicted molar refractivity (Wildman–Crippen MR) is 102 cm³/mol. The molecule has 0 saturated carbocycles. The van der Waals surface area contributed by atoms with Crippen LogP contribution in [0.15, 0.2) is 35.4 Å². The SMILES string of the molecule is COc1cc(/C=N\NC(=O)COc2cc(C)cc(C)c2)cc(Cl)c1OC. The van der Waals surface area contributed by atoms with Crippen molar-refractivity contribution in [3.8, 4) is 17.2 Å². The Balaban J connectivity index is 1.93. The van der Waals surface area contributed by atoms with E-state index in [0.29, 0.717) is 27.8 Å². The molecule has 0 aliphatic heterocycles. The summed E-state index contributed by atoms with van der Waals surface area (Å²) in [5.41, 5.74) is 5.21. The topological polar surface area (TPSA) is 69.2 Å². The Morgan fingerprint density at radius 1 is 1.12 bits per heavy atom. The molecule has 0 aliphatic carbocycles. The third-order valence-corrected chi connectivity index (χ3v) is 3.70. The van der Waals surface area contributed by atoms with Crippen molar-refractivity contribution in [3.63, 3.8) is 0 Å². The minimum absolute atomic E-state index is 0.132. The number of aryl methyl sites for hydroxylation is 2. The molecule has 26 heavy (non-hydrogen) atoms. The lowest BCUT2D eigenvalue weighted by molar-refractivity contribution is -0.123. The van der Waals surface area contributed by atoms with Crippen LogP contribution in [0, 0.1) is 13.8 Å². The van der Waals surface area contributed by atoms with Gasteiger partial charge in [0.2, 0.25) is 0 Å². The number of benzene rings is 2. The lowest BCUT2D eigenvalue weighted by Crippen LogP contribution is -2.24. The zero-order valence-corrected chi connectivity index (χ0v) is 15.9. The van der Waals surface area contributed by atoms with E-state index in [-0.39, 0.29) is 12.5 Å². The van der Waals surface area contributed by atoms with E-state index in [0.717, 1.165) is 11.1 Å². The van der Waals surface area contributed by atoms with Crippen LogP contribution in [-0.2, 0) is 4.79 Å². The largest absolute Gasteiger partial charge is 0.493 e. The Morgan fingerprint density at radius 3 is 2.42 bits per heavy atom. The summed E-state index contributed by atoms with van der Waals surface area (Å²) >= 11 is 6.12. The number of rotatable bonds is 7. The number of carbonyl (C=O) groups is 1. The first kappa shape index (κ1) is 19.6. The Morgan fingerprint density at radius 2 is 1.81 bits per heavy atom. The average molecular weight is 377 g/mol. The molecule has 0 aromatic heterocycles. The van der Waals surface area contributed by atoms with E-state index in [1.165, 1.54) is 20.4 Å². The summed E-state index contributed by atoms with van der Waals surface area (Å²) in [6.07, 6.45) is 1.46. The van der Waals surface area contributed by atoms with E-state index in [9.17, 15) is 4.79 Å². The van der Waals surface area contributed by atoms with E-state index in [1.807, 2.05) is 32.0 Å². The van der Waals surface area contributed by atoms with E-state index in [4.69, 9.17) is 25.8 Å². The number of nitrogens with one attached hydrogen (secondary N) is 1. The molecule has 0 heterocycles. The summed E-state index contributed by atoms with van der Waals surface area (Å²) in [6, 6.07) is 9.13. The molecule has 0 fully saturated rings. The van der Waals surface area contributed by atoms with Crippen molar-refractivity contribution in [1.82, 2.24) is 5.43 Å². The quantitative estimate of drug-likeness (QED) is 0.593. The van der Waals surface area contributed by atoms with Gasteiger partial charge in [-0.3, -0.25) is 4.79 Å². The predicted octanol–water partition coefficient (Wildman–Crippen LogP) is 3.50. The summed E-state index contributed by atoms with van der Waals surface area (Å²) in [4.78, 5) is 11.8. The summed E-state index contributed by atoms with van der Waals surface area (Å²) in [7, 11) is 3.02. The summed E-state index contributed by atoms with van der Waals surface area (Å²) in [5, 5.41) is 4.29.